The Kier molecular flexibility index (Phi) is 4.26. The lowest BCUT2D eigenvalue weighted by Gasteiger charge is -2.12. The van der Waals surface area contributed by atoms with E-state index in [1.54, 1.807) is 6.07 Å². The van der Waals surface area contributed by atoms with E-state index in [-0.39, 0.29) is 5.91 Å². The number of nitrogens with two attached hydrogens (primary N) is 1. The van der Waals surface area contributed by atoms with Gasteiger partial charge in [-0.1, -0.05) is 18.2 Å². The zero-order chi connectivity index (χ0) is 14.7. The zero-order valence-corrected chi connectivity index (χ0v) is 12.5. The van der Waals surface area contributed by atoms with E-state index < -0.39 is 0 Å². The monoisotopic (exact) mass is 302 g/mol. The molecule has 1 fully saturated rings. The van der Waals surface area contributed by atoms with E-state index in [0.29, 0.717) is 23.2 Å². The molecule has 0 radical (unpaired) electrons. The molecule has 1 saturated heterocycles. The summed E-state index contributed by atoms with van der Waals surface area (Å²) in [7, 11) is 0. The maximum atomic E-state index is 12.5. The maximum Gasteiger partial charge on any atom is 0.252 e. The number of fused-ring (bicyclic) bond motifs is 1. The number of hydrogen-bond acceptors (Lipinski definition) is 5. The van der Waals surface area contributed by atoms with Gasteiger partial charge in [-0.2, -0.15) is 11.8 Å². The lowest BCUT2D eigenvalue weighted by atomic mass is 10.1. The van der Waals surface area contributed by atoms with Crippen molar-refractivity contribution in [2.45, 2.75) is 18.1 Å². The second kappa shape index (κ2) is 6.32. The number of para-hydroxylation sites is 1. The van der Waals surface area contributed by atoms with Crippen molar-refractivity contribution in [1.29, 1.82) is 0 Å². The van der Waals surface area contributed by atoms with E-state index in [9.17, 15) is 4.79 Å². The highest BCUT2D eigenvalue weighted by molar-refractivity contribution is 8.00. The van der Waals surface area contributed by atoms with Crippen molar-refractivity contribution in [3.05, 3.63) is 35.9 Å². The van der Waals surface area contributed by atoms with Crippen LogP contribution in [0.1, 0.15) is 23.2 Å². The summed E-state index contributed by atoms with van der Waals surface area (Å²) in [6.45, 7) is 0.714. The van der Waals surface area contributed by atoms with Crippen LogP contribution in [0.3, 0.4) is 0 Å². The van der Waals surface area contributed by atoms with E-state index in [4.69, 9.17) is 5.84 Å². The lowest BCUT2D eigenvalue weighted by Crippen LogP contribution is -2.30. The molecule has 1 aliphatic heterocycles. The van der Waals surface area contributed by atoms with Crippen LogP contribution >= 0.6 is 11.8 Å². The van der Waals surface area contributed by atoms with Crippen LogP contribution in [0.2, 0.25) is 0 Å². The molecule has 1 aromatic carbocycles. The molecule has 2 heterocycles. The maximum absolute atomic E-state index is 12.5. The first-order valence-corrected chi connectivity index (χ1v) is 8.09. The first-order chi connectivity index (χ1) is 10.3. The first kappa shape index (κ1) is 14.2. The van der Waals surface area contributed by atoms with Crippen LogP contribution in [0, 0.1) is 0 Å². The molecular weight excluding hydrogens is 284 g/mol. The molecule has 4 N–H and O–H groups in total. The molecule has 21 heavy (non-hydrogen) atoms. The van der Waals surface area contributed by atoms with Crippen LogP contribution in [0.25, 0.3) is 10.9 Å². The minimum atomic E-state index is -0.0717. The molecule has 110 valence electrons. The summed E-state index contributed by atoms with van der Waals surface area (Å²) in [5.41, 5.74) is 3.88. The predicted octanol–water partition coefficient (Wildman–Crippen LogP) is 2.15. The minimum Gasteiger partial charge on any atom is -0.351 e. The van der Waals surface area contributed by atoms with E-state index in [1.165, 1.54) is 18.6 Å². The number of amides is 1. The fourth-order valence-electron chi connectivity index (χ4n) is 2.54. The van der Waals surface area contributed by atoms with E-state index in [2.05, 4.69) is 15.7 Å². The number of aromatic nitrogens is 1. The number of hydrazine groups is 1. The highest BCUT2D eigenvalue weighted by Crippen LogP contribution is 2.25. The van der Waals surface area contributed by atoms with E-state index >= 15 is 0 Å². The Labute approximate surface area is 127 Å². The lowest BCUT2D eigenvalue weighted by molar-refractivity contribution is 0.0955. The average molecular weight is 302 g/mol. The van der Waals surface area contributed by atoms with Crippen LogP contribution < -0.4 is 16.6 Å². The van der Waals surface area contributed by atoms with E-state index in [1.807, 2.05) is 36.0 Å². The van der Waals surface area contributed by atoms with Crippen molar-refractivity contribution >= 4 is 34.4 Å². The summed E-state index contributed by atoms with van der Waals surface area (Å²) in [4.78, 5) is 16.8. The Balaban J connectivity index is 1.85. The number of benzene rings is 1. The number of carbonyl (C=O) groups is 1. The van der Waals surface area contributed by atoms with Gasteiger partial charge in [0.15, 0.2) is 0 Å². The number of thioether (sulfide) groups is 1. The molecular formula is C15H18N4OS. The van der Waals surface area contributed by atoms with Gasteiger partial charge in [0.1, 0.15) is 5.82 Å². The Morgan fingerprint density at radius 3 is 3.05 bits per heavy atom. The number of nitrogens with zero attached hydrogens (tertiary/aromatic N) is 1. The van der Waals surface area contributed by atoms with E-state index in [0.717, 1.165) is 10.9 Å². The number of carbonyl (C=O) groups excluding carboxylic acids is 1. The van der Waals surface area contributed by atoms with Crippen LogP contribution in [0.5, 0.6) is 0 Å². The fourth-order valence-corrected chi connectivity index (χ4v) is 3.75. The molecule has 5 nitrogen and oxygen atoms in total. The van der Waals surface area contributed by atoms with Gasteiger partial charge in [-0.3, -0.25) is 4.79 Å². The molecule has 0 aliphatic carbocycles. The van der Waals surface area contributed by atoms with Crippen LogP contribution in [-0.4, -0.2) is 28.4 Å². The molecule has 1 amide bonds. The van der Waals surface area contributed by atoms with Crippen LogP contribution in [0.15, 0.2) is 30.3 Å². The van der Waals surface area contributed by atoms with Gasteiger partial charge >= 0.3 is 0 Å². The molecule has 3 rings (SSSR count). The van der Waals surface area contributed by atoms with Crippen molar-refractivity contribution in [2.75, 3.05) is 17.7 Å². The molecule has 0 spiro atoms. The summed E-state index contributed by atoms with van der Waals surface area (Å²) in [6.07, 6.45) is 2.42. The third-order valence-electron chi connectivity index (χ3n) is 3.62. The Morgan fingerprint density at radius 2 is 2.29 bits per heavy atom. The normalized spacial score (nSPS) is 17.9. The van der Waals surface area contributed by atoms with Gasteiger partial charge in [-0.25, -0.2) is 10.8 Å². The number of nitrogen functional groups attached to an aromatic ring is 1. The molecule has 0 saturated carbocycles. The Hall–Kier alpha value is -1.79. The molecule has 2 aromatic rings. The summed E-state index contributed by atoms with van der Waals surface area (Å²) in [5, 5.41) is 4.41. The van der Waals surface area contributed by atoms with Crippen LogP contribution in [-0.2, 0) is 0 Å². The van der Waals surface area contributed by atoms with Gasteiger partial charge in [0.2, 0.25) is 0 Å². The van der Waals surface area contributed by atoms with Crippen molar-refractivity contribution in [3.8, 4) is 0 Å². The molecule has 1 atom stereocenters. The zero-order valence-electron chi connectivity index (χ0n) is 11.6. The summed E-state index contributed by atoms with van der Waals surface area (Å²) in [6, 6.07) is 9.27. The highest BCUT2D eigenvalue weighted by atomic mass is 32.2. The highest BCUT2D eigenvalue weighted by Gasteiger charge is 2.18. The van der Waals surface area contributed by atoms with Crippen LogP contribution in [0.4, 0.5) is 5.82 Å². The largest absolute Gasteiger partial charge is 0.351 e. The van der Waals surface area contributed by atoms with Gasteiger partial charge in [0, 0.05) is 17.2 Å². The standard InChI is InChI=1S/C15H18N4OS/c16-19-14-8-12(11-5-1-2-6-13(11)18-14)15(20)17-9-10-4-3-7-21-10/h1-2,5-6,8,10H,3-4,7,9,16H2,(H,17,20)(H,18,19). The Morgan fingerprint density at radius 1 is 1.43 bits per heavy atom. The topological polar surface area (TPSA) is 80.0 Å². The van der Waals surface area contributed by atoms with Gasteiger partial charge in [-0.05, 0) is 30.7 Å². The second-order valence-electron chi connectivity index (χ2n) is 5.06. The average Bonchev–Trinajstić information content (AvgIpc) is 3.05. The SMILES string of the molecule is NNc1cc(C(=O)NCC2CCCS2)c2ccccc2n1. The summed E-state index contributed by atoms with van der Waals surface area (Å²) >= 11 is 1.93. The van der Waals surface area contributed by atoms with Gasteiger partial charge in [-0.15, -0.1) is 0 Å². The smallest absolute Gasteiger partial charge is 0.252 e. The first-order valence-electron chi connectivity index (χ1n) is 7.04. The molecule has 1 aliphatic rings. The molecule has 1 unspecified atom stereocenters. The second-order valence-corrected chi connectivity index (χ2v) is 6.47. The predicted molar refractivity (Wildman–Crippen MR) is 87.4 cm³/mol. The van der Waals surface area contributed by atoms with Crippen molar-refractivity contribution in [2.24, 2.45) is 5.84 Å². The summed E-state index contributed by atoms with van der Waals surface area (Å²) < 4.78 is 0. The fraction of sp³-hybridized carbons (Fsp3) is 0.333. The quantitative estimate of drug-likeness (QED) is 0.595. The van der Waals surface area contributed by atoms with Gasteiger partial charge in [0.05, 0.1) is 11.1 Å². The molecule has 6 heteroatoms. The number of pyridine rings is 1. The van der Waals surface area contributed by atoms with Crippen molar-refractivity contribution < 1.29 is 4.79 Å². The molecule has 1 aromatic heterocycles. The Bertz CT molecular complexity index is 655. The molecule has 0 bridgehead atoms. The third-order valence-corrected chi connectivity index (χ3v) is 5.02. The van der Waals surface area contributed by atoms with Crippen molar-refractivity contribution in [3.63, 3.8) is 0 Å². The minimum absolute atomic E-state index is 0.0717. The number of nitrogens with one attached hydrogen (secondary N) is 2. The number of hydrogen-bond donors (Lipinski definition) is 3. The summed E-state index contributed by atoms with van der Waals surface area (Å²) in [5.74, 6) is 7.05. The van der Waals surface area contributed by atoms with Crippen molar-refractivity contribution in [1.82, 2.24) is 10.3 Å². The van der Waals surface area contributed by atoms with Gasteiger partial charge < -0.3 is 10.7 Å². The number of rotatable bonds is 4. The number of anilines is 1. The van der Waals surface area contributed by atoms with Gasteiger partial charge in [0.25, 0.3) is 5.91 Å². The third kappa shape index (κ3) is 3.11.